The van der Waals surface area contributed by atoms with Gasteiger partial charge in [-0.3, -0.25) is 4.90 Å². The van der Waals surface area contributed by atoms with Gasteiger partial charge in [0.2, 0.25) is 0 Å². The lowest BCUT2D eigenvalue weighted by atomic mass is 10.0. The number of nitrogens with zero attached hydrogens (tertiary/aromatic N) is 3. The maximum absolute atomic E-state index is 13.3. The predicted octanol–water partition coefficient (Wildman–Crippen LogP) is 5.19. The average Bonchev–Trinajstić information content (AvgIpc) is 3.20. The lowest BCUT2D eigenvalue weighted by Crippen LogP contribution is -2.50. The number of carbonyl (C=O) groups excluding carboxylic acids is 2. The Bertz CT molecular complexity index is 1120. The summed E-state index contributed by atoms with van der Waals surface area (Å²) in [4.78, 5) is 28.9. The van der Waals surface area contributed by atoms with Crippen LogP contribution in [0.3, 0.4) is 0 Å². The molecule has 3 aromatic rings. The van der Waals surface area contributed by atoms with E-state index >= 15 is 0 Å². The zero-order chi connectivity index (χ0) is 25.6. The second-order valence-corrected chi connectivity index (χ2v) is 9.81. The normalized spacial score (nSPS) is 19.1. The van der Waals surface area contributed by atoms with Crippen molar-refractivity contribution in [1.82, 2.24) is 14.9 Å². The van der Waals surface area contributed by atoms with E-state index in [2.05, 4.69) is 36.1 Å². The molecule has 2 fully saturated rings. The minimum Gasteiger partial charge on any atom is -0.443 e. The van der Waals surface area contributed by atoms with E-state index in [9.17, 15) is 9.59 Å². The molecular weight excluding hydrogens is 466 g/mol. The number of benzene rings is 3. The van der Waals surface area contributed by atoms with Crippen LogP contribution in [-0.4, -0.2) is 58.8 Å². The molecule has 0 aromatic heterocycles. The molecule has 2 aliphatic rings. The Hall–Kier alpha value is -3.84. The molecule has 0 N–H and O–H groups in total. The van der Waals surface area contributed by atoms with Crippen LogP contribution < -0.4 is 0 Å². The number of fused-ring (bicyclic) bond motifs is 2. The Kier molecular flexibility index (Phi) is 7.70. The Morgan fingerprint density at radius 3 is 1.68 bits per heavy atom. The van der Waals surface area contributed by atoms with Crippen LogP contribution in [0.1, 0.15) is 28.7 Å². The van der Waals surface area contributed by atoms with Gasteiger partial charge in [-0.25, -0.2) is 19.6 Å². The second kappa shape index (κ2) is 11.5. The van der Waals surface area contributed by atoms with Crippen molar-refractivity contribution in [1.29, 1.82) is 0 Å². The number of likely N-dealkylation sites (tertiary alicyclic amines) is 1. The van der Waals surface area contributed by atoms with Crippen LogP contribution >= 0.6 is 0 Å². The maximum atomic E-state index is 13.3. The first kappa shape index (κ1) is 24.8. The number of rotatable bonds is 7. The third-order valence-electron chi connectivity index (χ3n) is 7.03. The maximum Gasteiger partial charge on any atom is 0.429 e. The number of carbonyl (C=O) groups is 2. The quantitative estimate of drug-likeness (QED) is 0.448. The lowest BCUT2D eigenvalue weighted by molar-refractivity contribution is -0.0199. The van der Waals surface area contributed by atoms with Crippen LogP contribution in [0.15, 0.2) is 84.9 Å². The van der Waals surface area contributed by atoms with Gasteiger partial charge in [0.15, 0.2) is 0 Å². The van der Waals surface area contributed by atoms with Gasteiger partial charge in [-0.15, -0.1) is 0 Å². The molecule has 2 unspecified atom stereocenters. The third kappa shape index (κ3) is 6.12. The highest BCUT2D eigenvalue weighted by atomic mass is 16.6. The fraction of sp³-hybridized carbons (Fsp3) is 0.333. The van der Waals surface area contributed by atoms with Crippen molar-refractivity contribution >= 4 is 12.2 Å². The van der Waals surface area contributed by atoms with Crippen LogP contribution in [-0.2, 0) is 29.1 Å². The van der Waals surface area contributed by atoms with Crippen molar-refractivity contribution in [3.05, 3.63) is 107 Å². The van der Waals surface area contributed by atoms with E-state index in [1.807, 2.05) is 60.7 Å². The standard InChI is InChI=1S/C30H33N3O4/c1-23-12-14-24(15-13-23)16-17-31-19-27-18-28(20-31)33(30(35)37-22-26-10-6-3-7-11-26)32(27)29(34)36-21-25-8-4-2-5-9-25/h2-15,27-28H,16-22H2,1H3. The second-order valence-electron chi connectivity index (χ2n) is 9.81. The largest absolute Gasteiger partial charge is 0.443 e. The van der Waals surface area contributed by atoms with Crippen molar-refractivity contribution in [3.8, 4) is 0 Å². The van der Waals surface area contributed by atoms with Gasteiger partial charge >= 0.3 is 12.2 Å². The molecule has 2 bridgehead atoms. The van der Waals surface area contributed by atoms with Crippen LogP contribution in [0.4, 0.5) is 9.59 Å². The van der Waals surface area contributed by atoms with Crippen LogP contribution in [0.2, 0.25) is 0 Å². The molecule has 2 heterocycles. The van der Waals surface area contributed by atoms with Gasteiger partial charge in [-0.1, -0.05) is 90.5 Å². The minimum atomic E-state index is -0.520. The highest BCUT2D eigenvalue weighted by molar-refractivity contribution is 5.76. The zero-order valence-corrected chi connectivity index (χ0v) is 21.2. The monoisotopic (exact) mass is 499 g/mol. The van der Waals surface area contributed by atoms with Crippen LogP contribution in [0, 0.1) is 6.92 Å². The summed E-state index contributed by atoms with van der Waals surface area (Å²) in [6, 6.07) is 27.4. The summed E-state index contributed by atoms with van der Waals surface area (Å²) in [5.41, 5.74) is 4.32. The van der Waals surface area contributed by atoms with Gasteiger partial charge in [0.1, 0.15) is 13.2 Å². The average molecular weight is 500 g/mol. The summed E-state index contributed by atoms with van der Waals surface area (Å²) < 4.78 is 11.3. The molecule has 192 valence electrons. The smallest absolute Gasteiger partial charge is 0.429 e. The summed E-state index contributed by atoms with van der Waals surface area (Å²) in [6.45, 7) is 4.62. The minimum absolute atomic E-state index is 0.149. The van der Waals surface area contributed by atoms with Gasteiger partial charge in [-0.05, 0) is 36.5 Å². The molecule has 0 aliphatic carbocycles. The number of amides is 2. The molecular formula is C30H33N3O4. The van der Waals surface area contributed by atoms with Crippen molar-refractivity contribution in [2.75, 3.05) is 19.6 Å². The highest BCUT2D eigenvalue weighted by Crippen LogP contribution is 2.32. The molecule has 2 amide bonds. The van der Waals surface area contributed by atoms with Crippen molar-refractivity contribution in [3.63, 3.8) is 0 Å². The van der Waals surface area contributed by atoms with Crippen LogP contribution in [0.5, 0.6) is 0 Å². The molecule has 2 saturated heterocycles. The summed E-state index contributed by atoms with van der Waals surface area (Å²) in [7, 11) is 0. The van der Waals surface area contributed by atoms with E-state index in [4.69, 9.17) is 9.47 Å². The fourth-order valence-corrected chi connectivity index (χ4v) is 5.11. The highest BCUT2D eigenvalue weighted by Gasteiger charge is 2.50. The van der Waals surface area contributed by atoms with Gasteiger partial charge in [0.25, 0.3) is 0 Å². The fourth-order valence-electron chi connectivity index (χ4n) is 5.11. The first-order valence-electron chi connectivity index (χ1n) is 12.8. The molecule has 0 radical (unpaired) electrons. The van der Waals surface area contributed by atoms with E-state index in [1.54, 1.807) is 0 Å². The first-order valence-corrected chi connectivity index (χ1v) is 12.8. The van der Waals surface area contributed by atoms with E-state index in [1.165, 1.54) is 21.1 Å². The van der Waals surface area contributed by atoms with Gasteiger partial charge in [0.05, 0.1) is 12.1 Å². The zero-order valence-electron chi connectivity index (χ0n) is 21.2. The summed E-state index contributed by atoms with van der Waals surface area (Å²) >= 11 is 0. The number of hydrazine groups is 1. The van der Waals surface area contributed by atoms with Crippen molar-refractivity contribution < 1.29 is 19.1 Å². The topological polar surface area (TPSA) is 62.3 Å². The van der Waals surface area contributed by atoms with Gasteiger partial charge in [0, 0.05) is 19.6 Å². The van der Waals surface area contributed by atoms with Crippen molar-refractivity contribution in [2.24, 2.45) is 0 Å². The predicted molar refractivity (Wildman–Crippen MR) is 140 cm³/mol. The molecule has 2 atom stereocenters. The number of ether oxygens (including phenoxy) is 2. The summed E-state index contributed by atoms with van der Waals surface area (Å²) in [5, 5.41) is 2.99. The van der Waals surface area contributed by atoms with E-state index < -0.39 is 12.2 Å². The van der Waals surface area contributed by atoms with E-state index in [-0.39, 0.29) is 25.3 Å². The molecule has 3 aromatic carbocycles. The summed E-state index contributed by atoms with van der Waals surface area (Å²) in [6.07, 6.45) is 0.584. The Morgan fingerprint density at radius 2 is 1.19 bits per heavy atom. The SMILES string of the molecule is Cc1ccc(CCN2CC3CC(C2)N(C(=O)OCc2ccccc2)N3C(=O)OCc2ccccc2)cc1. The molecule has 37 heavy (non-hydrogen) atoms. The first-order chi connectivity index (χ1) is 18.1. The molecule has 0 spiro atoms. The third-order valence-corrected chi connectivity index (χ3v) is 7.03. The molecule has 7 nitrogen and oxygen atoms in total. The molecule has 0 saturated carbocycles. The lowest BCUT2D eigenvalue weighted by Gasteiger charge is -2.30. The number of aryl methyl sites for hydroxylation is 1. The molecule has 5 rings (SSSR count). The Balaban J connectivity index is 1.28. The van der Waals surface area contributed by atoms with E-state index in [0.717, 1.165) is 24.1 Å². The molecule has 7 heteroatoms. The van der Waals surface area contributed by atoms with Gasteiger partial charge < -0.3 is 9.47 Å². The molecule has 2 aliphatic heterocycles. The number of hydrogen-bond acceptors (Lipinski definition) is 5. The Labute approximate surface area is 218 Å². The summed E-state index contributed by atoms with van der Waals surface area (Å²) in [5.74, 6) is 0. The van der Waals surface area contributed by atoms with Crippen LogP contribution in [0.25, 0.3) is 0 Å². The number of piperidine rings is 1. The Morgan fingerprint density at radius 1 is 0.703 bits per heavy atom. The van der Waals surface area contributed by atoms with Gasteiger partial charge in [-0.2, -0.15) is 0 Å². The van der Waals surface area contributed by atoms with Crippen molar-refractivity contribution in [2.45, 2.75) is 45.1 Å². The van der Waals surface area contributed by atoms with E-state index in [0.29, 0.717) is 19.5 Å². The number of hydrogen-bond donors (Lipinski definition) is 0.